The van der Waals surface area contributed by atoms with E-state index in [9.17, 15) is 22.0 Å². The summed E-state index contributed by atoms with van der Waals surface area (Å²) < 4.78 is 61.3. The van der Waals surface area contributed by atoms with Crippen LogP contribution in [0.3, 0.4) is 0 Å². The first kappa shape index (κ1) is 15.1. The smallest absolute Gasteiger partial charge is 0.319 e. The van der Waals surface area contributed by atoms with Gasteiger partial charge in [0.05, 0.1) is 0 Å². The lowest BCUT2D eigenvalue weighted by Crippen LogP contribution is -2.45. The molecule has 1 rings (SSSR count). The van der Waals surface area contributed by atoms with Gasteiger partial charge in [-0.1, -0.05) is 30.3 Å². The molecular formula is C9H9ClF5N. The standard InChI is InChI=1S/C9H8F5N.ClH/c10-8(11,9(12,13)14)7(15)6-4-2-1-3-5-6;/h1-5,7H,15H2;1H. The van der Waals surface area contributed by atoms with Crippen LogP contribution >= 0.6 is 12.4 Å². The molecule has 92 valence electrons. The molecule has 2 N–H and O–H groups in total. The Morgan fingerprint density at radius 2 is 1.38 bits per heavy atom. The lowest BCUT2D eigenvalue weighted by molar-refractivity contribution is -0.291. The van der Waals surface area contributed by atoms with Gasteiger partial charge in [0.1, 0.15) is 6.04 Å². The van der Waals surface area contributed by atoms with E-state index in [0.29, 0.717) is 0 Å². The Labute approximate surface area is 94.8 Å². The van der Waals surface area contributed by atoms with Gasteiger partial charge >= 0.3 is 12.1 Å². The van der Waals surface area contributed by atoms with Crippen molar-refractivity contribution in [2.45, 2.75) is 18.1 Å². The maximum absolute atomic E-state index is 12.8. The third kappa shape index (κ3) is 2.82. The Morgan fingerprint density at radius 1 is 0.938 bits per heavy atom. The van der Waals surface area contributed by atoms with Crippen molar-refractivity contribution in [3.63, 3.8) is 0 Å². The van der Waals surface area contributed by atoms with E-state index in [1.165, 1.54) is 18.2 Å². The summed E-state index contributed by atoms with van der Waals surface area (Å²) >= 11 is 0. The monoisotopic (exact) mass is 261 g/mol. The molecule has 1 aromatic rings. The number of rotatable bonds is 2. The first-order chi connectivity index (χ1) is 6.77. The van der Waals surface area contributed by atoms with Crippen LogP contribution in [-0.4, -0.2) is 12.1 Å². The van der Waals surface area contributed by atoms with Gasteiger partial charge in [0.15, 0.2) is 0 Å². The fraction of sp³-hybridized carbons (Fsp3) is 0.333. The first-order valence-corrected chi connectivity index (χ1v) is 4.02. The summed E-state index contributed by atoms with van der Waals surface area (Å²) in [4.78, 5) is 0. The van der Waals surface area contributed by atoms with E-state index >= 15 is 0 Å². The molecule has 0 saturated carbocycles. The van der Waals surface area contributed by atoms with Crippen LogP contribution in [0.5, 0.6) is 0 Å². The molecule has 1 unspecified atom stereocenters. The average molecular weight is 262 g/mol. The predicted octanol–water partition coefficient (Wildman–Crippen LogP) is 3.31. The van der Waals surface area contributed by atoms with Crippen LogP contribution < -0.4 is 5.73 Å². The van der Waals surface area contributed by atoms with Crippen LogP contribution in [0, 0.1) is 0 Å². The van der Waals surface area contributed by atoms with Gasteiger partial charge in [0.25, 0.3) is 0 Å². The molecule has 7 heteroatoms. The number of hydrogen-bond donors (Lipinski definition) is 1. The van der Waals surface area contributed by atoms with Crippen molar-refractivity contribution in [1.82, 2.24) is 0 Å². The van der Waals surface area contributed by atoms with Crippen LogP contribution in [0.25, 0.3) is 0 Å². The second kappa shape index (κ2) is 4.97. The van der Waals surface area contributed by atoms with Crippen LogP contribution in [0.2, 0.25) is 0 Å². The summed E-state index contributed by atoms with van der Waals surface area (Å²) in [5, 5.41) is 0. The molecule has 0 aliphatic rings. The van der Waals surface area contributed by atoms with Crippen LogP contribution in [0.4, 0.5) is 22.0 Å². The lowest BCUT2D eigenvalue weighted by atomic mass is 10.0. The number of halogens is 6. The molecule has 0 bridgehead atoms. The summed E-state index contributed by atoms with van der Waals surface area (Å²) in [6.07, 6.45) is -5.64. The number of nitrogens with two attached hydrogens (primary N) is 1. The quantitative estimate of drug-likeness (QED) is 0.812. The highest BCUT2D eigenvalue weighted by Crippen LogP contribution is 2.43. The molecule has 0 aliphatic carbocycles. The van der Waals surface area contributed by atoms with Gasteiger partial charge in [-0.3, -0.25) is 0 Å². The Balaban J connectivity index is 0.00000225. The maximum Gasteiger partial charge on any atom is 0.455 e. The molecule has 0 aliphatic heterocycles. The highest BCUT2D eigenvalue weighted by Gasteiger charge is 2.61. The number of hydrogen-bond acceptors (Lipinski definition) is 1. The number of alkyl halides is 5. The zero-order valence-corrected chi connectivity index (χ0v) is 8.66. The van der Waals surface area contributed by atoms with Gasteiger partial charge in [-0.2, -0.15) is 22.0 Å². The Morgan fingerprint density at radius 3 is 1.75 bits per heavy atom. The molecule has 1 aromatic carbocycles. The normalized spacial score (nSPS) is 14.1. The second-order valence-corrected chi connectivity index (χ2v) is 3.01. The molecule has 0 spiro atoms. The lowest BCUT2D eigenvalue weighted by Gasteiger charge is -2.25. The second-order valence-electron chi connectivity index (χ2n) is 3.01. The third-order valence-corrected chi connectivity index (χ3v) is 1.93. The van der Waals surface area contributed by atoms with Crippen molar-refractivity contribution < 1.29 is 22.0 Å². The largest absolute Gasteiger partial charge is 0.455 e. The van der Waals surface area contributed by atoms with E-state index in [0.717, 1.165) is 12.1 Å². The predicted molar refractivity (Wildman–Crippen MR) is 51.6 cm³/mol. The first-order valence-electron chi connectivity index (χ1n) is 4.02. The minimum absolute atomic E-state index is 0. The summed E-state index contributed by atoms with van der Waals surface area (Å²) in [5.74, 6) is -4.92. The fourth-order valence-electron chi connectivity index (χ4n) is 1.05. The van der Waals surface area contributed by atoms with E-state index < -0.39 is 18.1 Å². The maximum atomic E-state index is 12.8. The van der Waals surface area contributed by atoms with Crippen molar-refractivity contribution in [2.75, 3.05) is 0 Å². The molecule has 0 heterocycles. The van der Waals surface area contributed by atoms with Crippen molar-refractivity contribution in [3.05, 3.63) is 35.9 Å². The molecule has 0 radical (unpaired) electrons. The topological polar surface area (TPSA) is 26.0 Å². The van der Waals surface area contributed by atoms with E-state index in [-0.39, 0.29) is 18.0 Å². The van der Waals surface area contributed by atoms with Gasteiger partial charge in [0, 0.05) is 0 Å². The molecule has 1 nitrogen and oxygen atoms in total. The molecule has 0 saturated heterocycles. The van der Waals surface area contributed by atoms with Gasteiger partial charge in [-0.15, -0.1) is 12.4 Å². The van der Waals surface area contributed by atoms with Crippen molar-refractivity contribution in [3.8, 4) is 0 Å². The van der Waals surface area contributed by atoms with Crippen molar-refractivity contribution in [2.24, 2.45) is 5.73 Å². The minimum Gasteiger partial charge on any atom is -0.319 e. The third-order valence-electron chi connectivity index (χ3n) is 1.93. The fourth-order valence-corrected chi connectivity index (χ4v) is 1.05. The van der Waals surface area contributed by atoms with E-state index in [2.05, 4.69) is 0 Å². The van der Waals surface area contributed by atoms with Crippen LogP contribution in [-0.2, 0) is 0 Å². The van der Waals surface area contributed by atoms with E-state index in [1.807, 2.05) is 0 Å². The SMILES string of the molecule is Cl.NC(c1ccccc1)C(F)(F)C(F)(F)F. The summed E-state index contributed by atoms with van der Waals surface area (Å²) in [5.41, 5.74) is 4.64. The van der Waals surface area contributed by atoms with Crippen molar-refractivity contribution >= 4 is 12.4 Å². The Kier molecular flexibility index (Phi) is 4.69. The minimum atomic E-state index is -5.64. The van der Waals surface area contributed by atoms with Crippen LogP contribution in [0.1, 0.15) is 11.6 Å². The summed E-state index contributed by atoms with van der Waals surface area (Å²) in [6, 6.07) is 4.08. The van der Waals surface area contributed by atoms with Gasteiger partial charge in [-0.05, 0) is 5.56 Å². The zero-order valence-electron chi connectivity index (χ0n) is 7.84. The molecular weight excluding hydrogens is 253 g/mol. The van der Waals surface area contributed by atoms with E-state index in [4.69, 9.17) is 5.73 Å². The summed E-state index contributed by atoms with van der Waals surface area (Å²) in [7, 11) is 0. The number of benzene rings is 1. The van der Waals surface area contributed by atoms with E-state index in [1.54, 1.807) is 0 Å². The molecule has 0 amide bonds. The highest BCUT2D eigenvalue weighted by atomic mass is 35.5. The average Bonchev–Trinajstić information content (AvgIpc) is 2.16. The van der Waals surface area contributed by atoms with Crippen molar-refractivity contribution in [1.29, 1.82) is 0 Å². The molecule has 16 heavy (non-hydrogen) atoms. The summed E-state index contributed by atoms with van der Waals surface area (Å²) in [6.45, 7) is 0. The zero-order chi connectivity index (χ0) is 11.7. The van der Waals surface area contributed by atoms with Gasteiger partial charge in [-0.25, -0.2) is 0 Å². The van der Waals surface area contributed by atoms with Crippen LogP contribution in [0.15, 0.2) is 30.3 Å². The van der Waals surface area contributed by atoms with Gasteiger partial charge in [0.2, 0.25) is 0 Å². The molecule has 0 fully saturated rings. The Hall–Kier alpha value is -0.880. The Bertz CT molecular complexity index is 324. The molecule has 0 aromatic heterocycles. The molecule has 1 atom stereocenters. The van der Waals surface area contributed by atoms with Gasteiger partial charge < -0.3 is 5.73 Å². The highest BCUT2D eigenvalue weighted by molar-refractivity contribution is 5.85.